The minimum atomic E-state index is -0.476. The molecule has 2 heterocycles. The Balaban J connectivity index is 1.80. The number of hydrogen-bond donors (Lipinski definition) is 0. The van der Waals surface area contributed by atoms with Gasteiger partial charge in [-0.3, -0.25) is 0 Å². The Morgan fingerprint density at radius 1 is 0.885 bits per heavy atom. The van der Waals surface area contributed by atoms with Crippen LogP contribution in [0.2, 0.25) is 0 Å². The van der Waals surface area contributed by atoms with Crippen molar-refractivity contribution in [1.29, 1.82) is 0 Å². The highest BCUT2D eigenvalue weighted by atomic mass is 16.5. The first-order chi connectivity index (χ1) is 12.5. The maximum Gasteiger partial charge on any atom is 0.356 e. The fourth-order valence-corrected chi connectivity index (χ4v) is 2.24. The van der Waals surface area contributed by atoms with Gasteiger partial charge in [-0.15, -0.1) is 0 Å². The van der Waals surface area contributed by atoms with E-state index in [1.165, 1.54) is 0 Å². The predicted octanol–water partition coefficient (Wildman–Crippen LogP) is 3.25. The van der Waals surface area contributed by atoms with E-state index in [0.29, 0.717) is 0 Å². The van der Waals surface area contributed by atoms with Crippen LogP contribution in [0.3, 0.4) is 0 Å². The molecule has 0 aliphatic heterocycles. The molecule has 6 nitrogen and oxygen atoms in total. The van der Waals surface area contributed by atoms with Gasteiger partial charge in [-0.2, -0.15) is 0 Å². The van der Waals surface area contributed by atoms with E-state index in [4.69, 9.17) is 9.47 Å². The predicted molar refractivity (Wildman–Crippen MR) is 97.0 cm³/mol. The largest absolute Gasteiger partial charge is 0.461 e. The minimum absolute atomic E-state index is 0.133. The van der Waals surface area contributed by atoms with Crippen molar-refractivity contribution in [2.45, 2.75) is 33.6 Å². The van der Waals surface area contributed by atoms with E-state index in [1.54, 1.807) is 24.5 Å². The highest BCUT2D eigenvalue weighted by Crippen LogP contribution is 2.08. The lowest BCUT2D eigenvalue weighted by atomic mass is 10.2. The summed E-state index contributed by atoms with van der Waals surface area (Å²) in [5, 5.41) is 0. The van der Waals surface area contributed by atoms with Crippen molar-refractivity contribution >= 4 is 11.9 Å². The number of esters is 2. The second-order valence-electron chi connectivity index (χ2n) is 6.11. The molecule has 0 saturated heterocycles. The van der Waals surface area contributed by atoms with Gasteiger partial charge >= 0.3 is 11.9 Å². The minimum Gasteiger partial charge on any atom is -0.461 e. The maximum absolute atomic E-state index is 12.0. The Kier molecular flexibility index (Phi) is 7.26. The fourth-order valence-electron chi connectivity index (χ4n) is 2.24. The van der Waals surface area contributed by atoms with E-state index >= 15 is 0 Å². The lowest BCUT2D eigenvalue weighted by Crippen LogP contribution is -2.19. The second-order valence-corrected chi connectivity index (χ2v) is 6.11. The highest BCUT2D eigenvalue weighted by Gasteiger charge is 2.15. The van der Waals surface area contributed by atoms with Gasteiger partial charge in [-0.05, 0) is 48.2 Å². The smallest absolute Gasteiger partial charge is 0.356 e. The Morgan fingerprint density at radius 2 is 1.31 bits per heavy atom. The number of carbonyl (C=O) groups is 2. The summed E-state index contributed by atoms with van der Waals surface area (Å²) >= 11 is 0. The summed E-state index contributed by atoms with van der Waals surface area (Å²) < 4.78 is 10.5. The van der Waals surface area contributed by atoms with Crippen molar-refractivity contribution in [2.75, 3.05) is 13.2 Å². The Morgan fingerprint density at radius 3 is 1.69 bits per heavy atom. The molecule has 26 heavy (non-hydrogen) atoms. The average molecular weight is 356 g/mol. The van der Waals surface area contributed by atoms with Crippen LogP contribution in [0.4, 0.5) is 0 Å². The molecule has 0 bridgehead atoms. The van der Waals surface area contributed by atoms with Crippen molar-refractivity contribution < 1.29 is 19.1 Å². The third kappa shape index (κ3) is 5.65. The van der Waals surface area contributed by atoms with Crippen LogP contribution in [-0.4, -0.2) is 35.1 Å². The molecular weight excluding hydrogens is 332 g/mol. The van der Waals surface area contributed by atoms with E-state index in [0.717, 1.165) is 24.0 Å². The Bertz CT molecular complexity index is 697. The zero-order valence-corrected chi connectivity index (χ0v) is 15.4. The zero-order valence-electron chi connectivity index (χ0n) is 15.4. The summed E-state index contributed by atoms with van der Waals surface area (Å²) in [6.07, 6.45) is 4.83. The summed E-state index contributed by atoms with van der Waals surface area (Å²) in [6, 6.07) is 7.17. The molecule has 2 aromatic heterocycles. The number of aromatic nitrogens is 2. The van der Waals surface area contributed by atoms with Crippen LogP contribution >= 0.6 is 0 Å². The lowest BCUT2D eigenvalue weighted by Gasteiger charge is -2.12. The third-order valence-corrected chi connectivity index (χ3v) is 3.88. The molecule has 0 unspecified atom stereocenters. The summed E-state index contributed by atoms with van der Waals surface area (Å²) in [4.78, 5) is 32.1. The van der Waals surface area contributed by atoms with Gasteiger partial charge in [0.25, 0.3) is 0 Å². The number of aryl methyl sites for hydroxylation is 2. The number of ether oxygens (including phenoxy) is 2. The van der Waals surface area contributed by atoms with Gasteiger partial charge in [0.1, 0.15) is 11.4 Å². The van der Waals surface area contributed by atoms with Gasteiger partial charge in [-0.1, -0.05) is 20.8 Å². The monoisotopic (exact) mass is 356 g/mol. The summed E-state index contributed by atoms with van der Waals surface area (Å²) in [7, 11) is 0. The topological polar surface area (TPSA) is 78.4 Å². The quantitative estimate of drug-likeness (QED) is 0.676. The van der Waals surface area contributed by atoms with Crippen molar-refractivity contribution in [3.8, 4) is 0 Å². The third-order valence-electron chi connectivity index (χ3n) is 3.88. The van der Waals surface area contributed by atoms with Crippen LogP contribution in [0.25, 0.3) is 0 Å². The van der Waals surface area contributed by atoms with E-state index < -0.39 is 11.9 Å². The molecule has 0 aliphatic carbocycles. The first-order valence-corrected chi connectivity index (χ1v) is 8.77. The van der Waals surface area contributed by atoms with Crippen LogP contribution in [0, 0.1) is 5.92 Å². The molecule has 2 rings (SSSR count). The molecule has 138 valence electrons. The van der Waals surface area contributed by atoms with E-state index in [9.17, 15) is 9.59 Å². The average Bonchev–Trinajstić information content (AvgIpc) is 2.70. The van der Waals surface area contributed by atoms with Gasteiger partial charge in [0.05, 0.1) is 13.2 Å². The van der Waals surface area contributed by atoms with E-state index in [-0.39, 0.29) is 30.5 Å². The molecule has 6 heteroatoms. The molecule has 0 radical (unpaired) electrons. The van der Waals surface area contributed by atoms with Gasteiger partial charge < -0.3 is 9.47 Å². The SMILES string of the molecule is CCc1ccnc(C(=O)OCC(C)COC(=O)c2cc(CC)ccn2)c1. The van der Waals surface area contributed by atoms with Gasteiger partial charge in [0.2, 0.25) is 0 Å². The Hall–Kier alpha value is -2.76. The van der Waals surface area contributed by atoms with Crippen LogP contribution in [0.1, 0.15) is 52.9 Å². The molecule has 0 saturated carbocycles. The van der Waals surface area contributed by atoms with Crippen LogP contribution in [0.5, 0.6) is 0 Å². The molecule has 0 N–H and O–H groups in total. The number of rotatable bonds is 8. The normalized spacial score (nSPS) is 10.6. The molecule has 0 aromatic carbocycles. The summed E-state index contributed by atoms with van der Waals surface area (Å²) in [5.41, 5.74) is 2.62. The van der Waals surface area contributed by atoms with Gasteiger partial charge in [0.15, 0.2) is 0 Å². The van der Waals surface area contributed by atoms with Gasteiger partial charge in [0, 0.05) is 18.3 Å². The highest BCUT2D eigenvalue weighted by molar-refractivity contribution is 5.87. The molecule has 0 spiro atoms. The standard InChI is InChI=1S/C20H24N2O4/c1-4-15-6-8-21-17(10-15)19(23)25-12-14(3)13-26-20(24)18-11-16(5-2)7-9-22-18/h6-11,14H,4-5,12-13H2,1-3H3. The number of carbonyl (C=O) groups excluding carboxylic acids is 2. The van der Waals surface area contributed by atoms with Crippen molar-refractivity contribution in [2.24, 2.45) is 5.92 Å². The zero-order chi connectivity index (χ0) is 18.9. The van der Waals surface area contributed by atoms with Crippen LogP contribution in [-0.2, 0) is 22.3 Å². The lowest BCUT2D eigenvalue weighted by molar-refractivity contribution is 0.0275. The fraction of sp³-hybridized carbons (Fsp3) is 0.400. The van der Waals surface area contributed by atoms with Crippen molar-refractivity contribution in [1.82, 2.24) is 9.97 Å². The first kappa shape index (κ1) is 19.6. The second kappa shape index (κ2) is 9.65. The van der Waals surface area contributed by atoms with Crippen LogP contribution < -0.4 is 0 Å². The van der Waals surface area contributed by atoms with E-state index in [1.807, 2.05) is 32.9 Å². The van der Waals surface area contributed by atoms with Gasteiger partial charge in [-0.25, -0.2) is 19.6 Å². The van der Waals surface area contributed by atoms with Crippen LogP contribution in [0.15, 0.2) is 36.7 Å². The molecule has 2 aromatic rings. The molecule has 0 fully saturated rings. The number of hydrogen-bond acceptors (Lipinski definition) is 6. The summed E-state index contributed by atoms with van der Waals surface area (Å²) in [6.45, 7) is 6.14. The number of nitrogens with zero attached hydrogens (tertiary/aromatic N) is 2. The first-order valence-electron chi connectivity index (χ1n) is 8.77. The molecule has 0 amide bonds. The van der Waals surface area contributed by atoms with Crippen molar-refractivity contribution in [3.63, 3.8) is 0 Å². The summed E-state index contributed by atoms with van der Waals surface area (Å²) in [5.74, 6) is -1.09. The van der Waals surface area contributed by atoms with Crippen molar-refractivity contribution in [3.05, 3.63) is 59.2 Å². The number of pyridine rings is 2. The maximum atomic E-state index is 12.0. The van der Waals surface area contributed by atoms with E-state index in [2.05, 4.69) is 9.97 Å². The Labute approximate surface area is 153 Å². The molecule has 0 atom stereocenters. The molecule has 0 aliphatic rings. The molecular formula is C20H24N2O4.